The highest BCUT2D eigenvalue weighted by Gasteiger charge is 2.28. The molecule has 0 aliphatic carbocycles. The van der Waals surface area contributed by atoms with Gasteiger partial charge in [-0.05, 0) is 31.0 Å². The van der Waals surface area contributed by atoms with Crippen LogP contribution in [0, 0.1) is 17.0 Å². The minimum absolute atomic E-state index is 0.0810. The zero-order chi connectivity index (χ0) is 21.8. The predicted octanol–water partition coefficient (Wildman–Crippen LogP) is 3.79. The first-order chi connectivity index (χ1) is 13.6. The summed E-state index contributed by atoms with van der Waals surface area (Å²) >= 11 is 0. The van der Waals surface area contributed by atoms with Crippen LogP contribution in [0.5, 0.6) is 0 Å². The molecule has 0 aliphatic heterocycles. The van der Waals surface area contributed by atoms with Crippen molar-refractivity contribution >= 4 is 27.6 Å². The van der Waals surface area contributed by atoms with E-state index in [4.69, 9.17) is 9.15 Å². The molecule has 0 aliphatic rings. The number of ether oxygens (including phenoxy) is 1. The number of furan rings is 1. The summed E-state index contributed by atoms with van der Waals surface area (Å²) in [6.07, 6.45) is 2.48. The predicted molar refractivity (Wildman–Crippen MR) is 108 cm³/mol. The van der Waals surface area contributed by atoms with Crippen molar-refractivity contribution in [2.75, 3.05) is 17.1 Å². The summed E-state index contributed by atoms with van der Waals surface area (Å²) in [7, 11) is -3.65. The number of nitro groups is 1. The van der Waals surface area contributed by atoms with Gasteiger partial charge in [0.15, 0.2) is 0 Å². The number of carbonyl (C=O) groups is 1. The summed E-state index contributed by atoms with van der Waals surface area (Å²) in [5, 5.41) is 10.9. The molecule has 0 fully saturated rings. The number of carbonyl (C=O) groups excluding carboxylic acids is 1. The summed E-state index contributed by atoms with van der Waals surface area (Å²) in [5.41, 5.74) is 1.57. The summed E-state index contributed by atoms with van der Waals surface area (Å²) < 4.78 is 36.9. The number of anilines is 1. The second-order valence-corrected chi connectivity index (χ2v) is 8.51. The fourth-order valence-corrected chi connectivity index (χ4v) is 3.72. The van der Waals surface area contributed by atoms with Crippen LogP contribution in [-0.2, 0) is 26.2 Å². The van der Waals surface area contributed by atoms with Crippen LogP contribution >= 0.6 is 0 Å². The molecule has 29 heavy (non-hydrogen) atoms. The lowest BCUT2D eigenvalue weighted by Crippen LogP contribution is -2.30. The zero-order valence-corrected chi connectivity index (χ0v) is 17.6. The number of non-ortho nitro benzene ring substituents is 1. The third-order valence-corrected chi connectivity index (χ3v) is 5.49. The average Bonchev–Trinajstić information content (AvgIpc) is 2.95. The van der Waals surface area contributed by atoms with Gasteiger partial charge in [-0.2, -0.15) is 0 Å². The molecule has 1 aromatic heterocycles. The lowest BCUT2D eigenvalue weighted by atomic mass is 10.0. The molecule has 1 aromatic carbocycles. The summed E-state index contributed by atoms with van der Waals surface area (Å²) in [6, 6.07) is 5.76. The van der Waals surface area contributed by atoms with Crippen LogP contribution in [0.15, 0.2) is 28.7 Å². The monoisotopic (exact) mass is 424 g/mol. The Morgan fingerprint density at radius 1 is 1.28 bits per heavy atom. The van der Waals surface area contributed by atoms with Crippen molar-refractivity contribution in [1.29, 1.82) is 0 Å². The Balaban J connectivity index is 2.64. The number of nitro benzene ring substituents is 1. The topological polar surface area (TPSA) is 120 Å². The van der Waals surface area contributed by atoms with Crippen molar-refractivity contribution in [3.8, 4) is 11.1 Å². The molecule has 1 heterocycles. The molecule has 0 saturated heterocycles. The molecule has 0 atom stereocenters. The molecular weight excluding hydrogens is 400 g/mol. The number of rotatable bonds is 9. The highest BCUT2D eigenvalue weighted by Crippen LogP contribution is 2.40. The van der Waals surface area contributed by atoms with E-state index in [-0.39, 0.29) is 24.7 Å². The van der Waals surface area contributed by atoms with Crippen LogP contribution in [-0.4, -0.2) is 32.1 Å². The number of benzene rings is 1. The van der Waals surface area contributed by atoms with Crippen molar-refractivity contribution in [1.82, 2.24) is 0 Å². The lowest BCUT2D eigenvalue weighted by molar-refractivity contribution is -0.384. The van der Waals surface area contributed by atoms with E-state index in [0.717, 1.165) is 12.7 Å². The summed E-state index contributed by atoms with van der Waals surface area (Å²) in [6.45, 7) is 5.00. The maximum atomic E-state index is 12.4. The molecule has 0 amide bonds. The van der Waals surface area contributed by atoms with Crippen molar-refractivity contribution in [2.24, 2.45) is 0 Å². The van der Waals surface area contributed by atoms with E-state index in [2.05, 4.69) is 0 Å². The molecule has 0 N–H and O–H groups in total. The minimum Gasteiger partial charge on any atom is -0.458 e. The third-order valence-electron chi connectivity index (χ3n) is 4.34. The average molecular weight is 424 g/mol. The van der Waals surface area contributed by atoms with E-state index < -0.39 is 20.9 Å². The number of nitrogens with zero attached hydrogens (tertiary/aromatic N) is 2. The normalized spacial score (nSPS) is 11.3. The van der Waals surface area contributed by atoms with Gasteiger partial charge in [0.25, 0.3) is 5.69 Å². The van der Waals surface area contributed by atoms with E-state index in [1.807, 2.05) is 6.92 Å². The number of sulfonamides is 1. The lowest BCUT2D eigenvalue weighted by Gasteiger charge is -2.21. The Bertz CT molecular complexity index is 994. The van der Waals surface area contributed by atoms with E-state index in [1.165, 1.54) is 35.5 Å². The molecule has 2 rings (SSSR count). The van der Waals surface area contributed by atoms with Gasteiger partial charge in [0, 0.05) is 36.7 Å². The second kappa shape index (κ2) is 9.08. The largest absolute Gasteiger partial charge is 0.458 e. The Labute approximate surface area is 169 Å². The van der Waals surface area contributed by atoms with Gasteiger partial charge in [0.2, 0.25) is 15.9 Å². The van der Waals surface area contributed by atoms with Gasteiger partial charge in [-0.1, -0.05) is 13.3 Å². The van der Waals surface area contributed by atoms with Crippen LogP contribution in [0.2, 0.25) is 0 Å². The van der Waals surface area contributed by atoms with E-state index in [0.29, 0.717) is 28.9 Å². The standard InChI is InChI=1S/C19H24N2O7S/c1-5-6-11-20(29(4,25)26)19-18(13(2)17(28-19)12-27-14(3)22)15-7-9-16(10-8-15)21(23)24/h7-10H,5-6,11-12H2,1-4H3. The van der Waals surface area contributed by atoms with E-state index >= 15 is 0 Å². The summed E-state index contributed by atoms with van der Waals surface area (Å²) in [5.74, 6) is -0.0756. The molecular formula is C19H24N2O7S. The van der Waals surface area contributed by atoms with E-state index in [9.17, 15) is 23.3 Å². The highest BCUT2D eigenvalue weighted by atomic mass is 32.2. The minimum atomic E-state index is -3.65. The zero-order valence-electron chi connectivity index (χ0n) is 16.8. The van der Waals surface area contributed by atoms with Crippen LogP contribution in [0.3, 0.4) is 0 Å². The van der Waals surface area contributed by atoms with Gasteiger partial charge in [0.1, 0.15) is 12.4 Å². The maximum Gasteiger partial charge on any atom is 0.303 e. The molecule has 10 heteroatoms. The van der Waals surface area contributed by atoms with Crippen LogP contribution in [0.4, 0.5) is 11.6 Å². The second-order valence-electron chi connectivity index (χ2n) is 6.60. The Kier molecular flexibility index (Phi) is 7.02. The van der Waals surface area contributed by atoms with Crippen molar-refractivity contribution < 1.29 is 27.3 Å². The van der Waals surface area contributed by atoms with Gasteiger partial charge in [-0.15, -0.1) is 0 Å². The first-order valence-electron chi connectivity index (χ1n) is 9.04. The Morgan fingerprint density at radius 3 is 2.38 bits per heavy atom. The quantitative estimate of drug-likeness (QED) is 0.341. The number of unbranched alkanes of at least 4 members (excludes halogenated alkanes) is 1. The molecule has 0 spiro atoms. The molecule has 0 saturated carbocycles. The SMILES string of the molecule is CCCCN(c1oc(COC(C)=O)c(C)c1-c1ccc([N+](=O)[O-])cc1)S(C)(=O)=O. The molecule has 9 nitrogen and oxygen atoms in total. The first kappa shape index (κ1) is 22.4. The number of hydrogen-bond donors (Lipinski definition) is 0. The molecule has 0 bridgehead atoms. The highest BCUT2D eigenvalue weighted by molar-refractivity contribution is 7.92. The van der Waals surface area contributed by atoms with Crippen LogP contribution in [0.1, 0.15) is 38.0 Å². The van der Waals surface area contributed by atoms with Crippen LogP contribution < -0.4 is 4.31 Å². The Morgan fingerprint density at radius 2 is 1.90 bits per heavy atom. The van der Waals surface area contributed by atoms with Crippen molar-refractivity contribution in [3.05, 3.63) is 45.7 Å². The molecule has 0 unspecified atom stereocenters. The van der Waals surface area contributed by atoms with Gasteiger partial charge in [0.05, 0.1) is 11.2 Å². The van der Waals surface area contributed by atoms with E-state index in [1.54, 1.807) is 6.92 Å². The first-order valence-corrected chi connectivity index (χ1v) is 10.9. The Hall–Kier alpha value is -2.88. The van der Waals surface area contributed by atoms with Gasteiger partial charge < -0.3 is 9.15 Å². The maximum absolute atomic E-state index is 12.4. The molecule has 0 radical (unpaired) electrons. The number of hydrogen-bond acceptors (Lipinski definition) is 7. The van der Waals surface area contributed by atoms with Crippen molar-refractivity contribution in [2.45, 2.75) is 40.2 Å². The van der Waals surface area contributed by atoms with Crippen molar-refractivity contribution in [3.63, 3.8) is 0 Å². The van der Waals surface area contributed by atoms with Gasteiger partial charge in [-0.25, -0.2) is 12.7 Å². The van der Waals surface area contributed by atoms with Crippen LogP contribution in [0.25, 0.3) is 11.1 Å². The smallest absolute Gasteiger partial charge is 0.303 e. The third kappa shape index (κ3) is 5.35. The summed E-state index contributed by atoms with van der Waals surface area (Å²) in [4.78, 5) is 21.6. The fourth-order valence-electron chi connectivity index (χ4n) is 2.83. The van der Waals surface area contributed by atoms with Gasteiger partial charge >= 0.3 is 5.97 Å². The number of esters is 1. The molecule has 2 aromatic rings. The van der Waals surface area contributed by atoms with Gasteiger partial charge in [-0.3, -0.25) is 14.9 Å². The fraction of sp³-hybridized carbons (Fsp3) is 0.421. The molecule has 158 valence electrons.